The standard InChI is InChI=1S/C9H14N2O4/c1-6(12)4-8(14)10-11(3)9(15)5-7(2)13/h4-5H2,1-3H3,(H,10,14). The zero-order valence-corrected chi connectivity index (χ0v) is 8.99. The van der Waals surface area contributed by atoms with E-state index in [2.05, 4.69) is 5.43 Å². The summed E-state index contributed by atoms with van der Waals surface area (Å²) in [6.45, 7) is 2.56. The van der Waals surface area contributed by atoms with Crippen LogP contribution >= 0.6 is 0 Å². The molecular weight excluding hydrogens is 200 g/mol. The average Bonchev–Trinajstić information content (AvgIpc) is 2.00. The van der Waals surface area contributed by atoms with E-state index in [0.29, 0.717) is 0 Å². The molecule has 0 saturated heterocycles. The van der Waals surface area contributed by atoms with E-state index >= 15 is 0 Å². The highest BCUT2D eigenvalue weighted by atomic mass is 16.2. The van der Waals surface area contributed by atoms with Gasteiger partial charge >= 0.3 is 0 Å². The third-order valence-corrected chi connectivity index (χ3v) is 1.48. The lowest BCUT2D eigenvalue weighted by Gasteiger charge is -2.17. The van der Waals surface area contributed by atoms with Gasteiger partial charge in [-0.1, -0.05) is 0 Å². The summed E-state index contributed by atoms with van der Waals surface area (Å²) in [5.41, 5.74) is 2.19. The van der Waals surface area contributed by atoms with Crippen molar-refractivity contribution in [2.24, 2.45) is 0 Å². The molecule has 0 aliphatic heterocycles. The molecule has 2 amide bonds. The van der Waals surface area contributed by atoms with E-state index in [0.717, 1.165) is 5.01 Å². The number of nitrogens with zero attached hydrogens (tertiary/aromatic N) is 1. The van der Waals surface area contributed by atoms with Crippen LogP contribution in [-0.4, -0.2) is 35.4 Å². The van der Waals surface area contributed by atoms with Crippen molar-refractivity contribution in [3.63, 3.8) is 0 Å². The molecule has 0 rings (SSSR count). The van der Waals surface area contributed by atoms with E-state index < -0.39 is 11.8 Å². The van der Waals surface area contributed by atoms with E-state index in [1.165, 1.54) is 20.9 Å². The summed E-state index contributed by atoms with van der Waals surface area (Å²) in [6.07, 6.45) is -0.547. The molecule has 0 aliphatic rings. The van der Waals surface area contributed by atoms with Crippen LogP contribution in [0.15, 0.2) is 0 Å². The van der Waals surface area contributed by atoms with Crippen molar-refractivity contribution in [1.29, 1.82) is 0 Å². The van der Waals surface area contributed by atoms with Gasteiger partial charge in [-0.15, -0.1) is 0 Å². The largest absolute Gasteiger partial charge is 0.299 e. The van der Waals surface area contributed by atoms with Gasteiger partial charge in [0.2, 0.25) is 11.8 Å². The number of hydrogen-bond acceptors (Lipinski definition) is 4. The minimum atomic E-state index is -0.568. The summed E-state index contributed by atoms with van der Waals surface area (Å²) in [6, 6.07) is 0. The van der Waals surface area contributed by atoms with Gasteiger partial charge < -0.3 is 0 Å². The van der Waals surface area contributed by atoms with Crippen LogP contribution in [-0.2, 0) is 19.2 Å². The predicted molar refractivity (Wildman–Crippen MR) is 51.5 cm³/mol. The van der Waals surface area contributed by atoms with Crippen molar-refractivity contribution in [2.45, 2.75) is 26.7 Å². The summed E-state index contributed by atoms with van der Waals surface area (Å²) in [4.78, 5) is 43.4. The number of amides is 2. The maximum atomic E-state index is 11.2. The molecule has 0 aromatic carbocycles. The first-order chi connectivity index (χ1) is 6.82. The first-order valence-electron chi connectivity index (χ1n) is 4.38. The second-order valence-electron chi connectivity index (χ2n) is 3.25. The van der Waals surface area contributed by atoms with Crippen LogP contribution in [0.2, 0.25) is 0 Å². The lowest BCUT2D eigenvalue weighted by molar-refractivity contribution is -0.142. The highest BCUT2D eigenvalue weighted by molar-refractivity contribution is 5.99. The van der Waals surface area contributed by atoms with Crippen LogP contribution in [0, 0.1) is 0 Å². The number of carbonyl (C=O) groups is 4. The number of rotatable bonds is 4. The zero-order chi connectivity index (χ0) is 12.0. The number of Topliss-reactive ketones (excluding diaryl/α,β-unsaturated/α-hetero) is 2. The summed E-state index contributed by atoms with van der Waals surface area (Å²) in [5.74, 6) is -1.66. The minimum absolute atomic E-state index is 0.267. The van der Waals surface area contributed by atoms with Crippen molar-refractivity contribution in [2.75, 3.05) is 7.05 Å². The molecule has 0 saturated carbocycles. The number of hydrazine groups is 1. The molecule has 0 fully saturated rings. The first-order valence-corrected chi connectivity index (χ1v) is 4.38. The molecule has 15 heavy (non-hydrogen) atoms. The Bertz CT molecular complexity index is 298. The summed E-state index contributed by atoms with van der Waals surface area (Å²) < 4.78 is 0. The van der Waals surface area contributed by atoms with E-state index in [9.17, 15) is 19.2 Å². The predicted octanol–water partition coefficient (Wildman–Crippen LogP) is -0.566. The van der Waals surface area contributed by atoms with Crippen LogP contribution in [0.4, 0.5) is 0 Å². The Morgan fingerprint density at radius 1 is 1.00 bits per heavy atom. The quantitative estimate of drug-likeness (QED) is 0.502. The summed E-state index contributed by atoms with van der Waals surface area (Å²) in [5, 5.41) is 0.909. The third kappa shape index (κ3) is 6.36. The Hall–Kier alpha value is -1.72. The smallest absolute Gasteiger partial charge is 0.248 e. The van der Waals surface area contributed by atoms with Crippen molar-refractivity contribution < 1.29 is 19.2 Å². The molecule has 0 atom stereocenters. The van der Waals surface area contributed by atoms with Crippen LogP contribution in [0.3, 0.4) is 0 Å². The zero-order valence-electron chi connectivity index (χ0n) is 8.99. The number of ketones is 2. The molecule has 0 bridgehead atoms. The van der Waals surface area contributed by atoms with Gasteiger partial charge in [-0.05, 0) is 13.8 Å². The van der Waals surface area contributed by atoms with Crippen molar-refractivity contribution >= 4 is 23.4 Å². The molecular formula is C9H14N2O4. The van der Waals surface area contributed by atoms with E-state index in [4.69, 9.17) is 0 Å². The van der Waals surface area contributed by atoms with Crippen molar-refractivity contribution in [3.05, 3.63) is 0 Å². The highest BCUT2D eigenvalue weighted by Crippen LogP contribution is 1.90. The summed E-state index contributed by atoms with van der Waals surface area (Å²) in [7, 11) is 1.32. The van der Waals surface area contributed by atoms with Gasteiger partial charge in [-0.25, -0.2) is 0 Å². The second kappa shape index (κ2) is 5.90. The first kappa shape index (κ1) is 13.3. The fourth-order valence-electron chi connectivity index (χ4n) is 0.847. The number of hydrogen-bond donors (Lipinski definition) is 1. The summed E-state index contributed by atoms with van der Waals surface area (Å²) >= 11 is 0. The maximum Gasteiger partial charge on any atom is 0.248 e. The van der Waals surface area contributed by atoms with Crippen molar-refractivity contribution in [1.82, 2.24) is 10.4 Å². The Kier molecular flexibility index (Phi) is 5.22. The number of nitrogens with one attached hydrogen (secondary N) is 1. The van der Waals surface area contributed by atoms with Gasteiger partial charge in [-0.2, -0.15) is 0 Å². The highest BCUT2D eigenvalue weighted by Gasteiger charge is 2.14. The molecule has 84 valence electrons. The Morgan fingerprint density at radius 2 is 1.47 bits per heavy atom. The Labute approximate surface area is 87.6 Å². The Balaban J connectivity index is 4.07. The van der Waals surface area contributed by atoms with Gasteiger partial charge in [0, 0.05) is 7.05 Å². The third-order valence-electron chi connectivity index (χ3n) is 1.48. The Morgan fingerprint density at radius 3 is 1.87 bits per heavy atom. The van der Waals surface area contributed by atoms with Gasteiger partial charge in [0.15, 0.2) is 0 Å². The number of carbonyl (C=O) groups excluding carboxylic acids is 4. The second-order valence-corrected chi connectivity index (χ2v) is 3.25. The molecule has 0 spiro atoms. The molecule has 6 nitrogen and oxygen atoms in total. The topological polar surface area (TPSA) is 83.6 Å². The SMILES string of the molecule is CC(=O)CC(=O)NN(C)C(=O)CC(C)=O. The van der Waals surface area contributed by atoms with Gasteiger partial charge in [0.05, 0.1) is 12.8 Å². The molecule has 6 heteroatoms. The fraction of sp³-hybridized carbons (Fsp3) is 0.556. The van der Waals surface area contributed by atoms with Crippen molar-refractivity contribution in [3.8, 4) is 0 Å². The molecule has 0 radical (unpaired) electrons. The van der Waals surface area contributed by atoms with Gasteiger partial charge in [0.1, 0.15) is 11.6 Å². The van der Waals surface area contributed by atoms with E-state index in [1.54, 1.807) is 0 Å². The molecule has 0 aromatic rings. The van der Waals surface area contributed by atoms with Crippen LogP contribution in [0.5, 0.6) is 0 Å². The average molecular weight is 214 g/mol. The van der Waals surface area contributed by atoms with Crippen LogP contribution in [0.1, 0.15) is 26.7 Å². The van der Waals surface area contributed by atoms with Crippen LogP contribution in [0.25, 0.3) is 0 Å². The lowest BCUT2D eigenvalue weighted by Crippen LogP contribution is -2.44. The molecule has 0 aromatic heterocycles. The monoisotopic (exact) mass is 214 g/mol. The molecule has 0 unspecified atom stereocenters. The molecule has 0 aliphatic carbocycles. The lowest BCUT2D eigenvalue weighted by atomic mass is 10.3. The maximum absolute atomic E-state index is 11.2. The van der Waals surface area contributed by atoms with Gasteiger partial charge in [0.25, 0.3) is 0 Å². The fourth-order valence-corrected chi connectivity index (χ4v) is 0.847. The minimum Gasteiger partial charge on any atom is -0.299 e. The molecule has 0 heterocycles. The normalized spacial score (nSPS) is 9.27. The molecule has 1 N–H and O–H groups in total. The van der Waals surface area contributed by atoms with E-state index in [-0.39, 0.29) is 24.4 Å². The van der Waals surface area contributed by atoms with Gasteiger partial charge in [-0.3, -0.25) is 29.6 Å². The van der Waals surface area contributed by atoms with Crippen LogP contribution < -0.4 is 5.43 Å². The van der Waals surface area contributed by atoms with E-state index in [1.807, 2.05) is 0 Å².